The monoisotopic (exact) mass is 411 g/mol. The summed E-state index contributed by atoms with van der Waals surface area (Å²) in [5.41, 5.74) is 1.27. The maximum absolute atomic E-state index is 11.3. The van der Waals surface area contributed by atoms with Gasteiger partial charge >= 0.3 is 5.69 Å². The Bertz CT molecular complexity index is 1130. The Morgan fingerprint density at radius 2 is 1.72 bits per heavy atom. The Morgan fingerprint density at radius 3 is 2.45 bits per heavy atom. The van der Waals surface area contributed by atoms with Crippen molar-refractivity contribution < 1.29 is 14.6 Å². The highest BCUT2D eigenvalue weighted by molar-refractivity contribution is 6.30. The van der Waals surface area contributed by atoms with Gasteiger partial charge in [0.15, 0.2) is 0 Å². The number of benzene rings is 3. The van der Waals surface area contributed by atoms with E-state index in [0.717, 1.165) is 17.7 Å². The van der Waals surface area contributed by atoms with Crippen molar-refractivity contribution >= 4 is 34.9 Å². The summed E-state index contributed by atoms with van der Waals surface area (Å²) in [4.78, 5) is 25.2. The molecule has 0 fully saturated rings. The summed E-state index contributed by atoms with van der Waals surface area (Å²) >= 11 is 6.01. The highest BCUT2D eigenvalue weighted by Crippen LogP contribution is 2.35. The topological polar surface area (TPSA) is 108 Å². The third kappa shape index (κ3) is 4.74. The Morgan fingerprint density at radius 1 is 0.966 bits per heavy atom. The molecule has 0 heterocycles. The SMILES string of the molecule is Cc1ccc(Cl)cc1N=Cc1ccccc1Oc1ccc([N+](=O)[O-])cc1[N+](=O)[O-]. The Hall–Kier alpha value is -3.78. The van der Waals surface area contributed by atoms with Crippen LogP contribution in [-0.4, -0.2) is 16.1 Å². The van der Waals surface area contributed by atoms with Crippen molar-refractivity contribution in [3.05, 3.63) is 97.0 Å². The third-order valence-corrected chi connectivity index (χ3v) is 4.24. The summed E-state index contributed by atoms with van der Waals surface area (Å²) < 4.78 is 5.70. The van der Waals surface area contributed by atoms with Crippen molar-refractivity contribution in [2.24, 2.45) is 4.99 Å². The van der Waals surface area contributed by atoms with E-state index in [-0.39, 0.29) is 5.75 Å². The quantitative estimate of drug-likeness (QED) is 0.280. The zero-order valence-corrected chi connectivity index (χ0v) is 15.9. The molecule has 0 aliphatic heterocycles. The molecule has 9 heteroatoms. The van der Waals surface area contributed by atoms with E-state index >= 15 is 0 Å². The number of nitro benzene ring substituents is 2. The van der Waals surface area contributed by atoms with Gasteiger partial charge in [0, 0.05) is 22.9 Å². The minimum absolute atomic E-state index is 0.111. The zero-order chi connectivity index (χ0) is 21.0. The molecule has 0 saturated heterocycles. The molecule has 0 radical (unpaired) electrons. The molecule has 0 aliphatic rings. The van der Waals surface area contributed by atoms with Crippen LogP contribution in [0.15, 0.2) is 65.7 Å². The number of halogens is 1. The number of nitro groups is 2. The predicted molar refractivity (Wildman–Crippen MR) is 110 cm³/mol. The molecule has 0 bridgehead atoms. The highest BCUT2D eigenvalue weighted by Gasteiger charge is 2.21. The molecule has 3 aromatic rings. The summed E-state index contributed by atoms with van der Waals surface area (Å²) in [6.07, 6.45) is 1.56. The van der Waals surface area contributed by atoms with Crippen LogP contribution in [0.4, 0.5) is 17.1 Å². The van der Waals surface area contributed by atoms with E-state index in [1.165, 1.54) is 6.07 Å². The van der Waals surface area contributed by atoms with Crippen LogP contribution in [0.25, 0.3) is 0 Å². The van der Waals surface area contributed by atoms with E-state index < -0.39 is 21.2 Å². The number of nitrogens with zero attached hydrogens (tertiary/aromatic N) is 3. The lowest BCUT2D eigenvalue weighted by molar-refractivity contribution is -0.394. The fourth-order valence-corrected chi connectivity index (χ4v) is 2.67. The fraction of sp³-hybridized carbons (Fsp3) is 0.0500. The number of hydrogen-bond acceptors (Lipinski definition) is 6. The van der Waals surface area contributed by atoms with Crippen LogP contribution < -0.4 is 4.74 Å². The standard InChI is InChI=1S/C20H14ClN3O5/c1-13-6-7-15(21)10-17(13)22-12-14-4-2-3-5-19(14)29-20-9-8-16(23(25)26)11-18(20)24(27)28/h2-12H,1H3. The molecule has 3 aromatic carbocycles. The summed E-state index contributed by atoms with van der Waals surface area (Å²) in [5, 5.41) is 22.8. The molecule has 3 rings (SSSR count). The van der Waals surface area contributed by atoms with Gasteiger partial charge in [-0.15, -0.1) is 0 Å². The number of rotatable bonds is 6. The lowest BCUT2D eigenvalue weighted by atomic mass is 10.2. The van der Waals surface area contributed by atoms with Crippen LogP contribution in [-0.2, 0) is 0 Å². The van der Waals surface area contributed by atoms with Crippen molar-refractivity contribution in [3.8, 4) is 11.5 Å². The van der Waals surface area contributed by atoms with Gasteiger partial charge < -0.3 is 4.74 Å². The van der Waals surface area contributed by atoms with E-state index in [4.69, 9.17) is 16.3 Å². The highest BCUT2D eigenvalue weighted by atomic mass is 35.5. The summed E-state index contributed by atoms with van der Waals surface area (Å²) in [5.74, 6) is 0.202. The van der Waals surface area contributed by atoms with Gasteiger partial charge in [-0.25, -0.2) is 0 Å². The van der Waals surface area contributed by atoms with Gasteiger partial charge in [0.05, 0.1) is 21.6 Å². The summed E-state index contributed by atoms with van der Waals surface area (Å²) in [6.45, 7) is 1.89. The summed E-state index contributed by atoms with van der Waals surface area (Å²) in [7, 11) is 0. The lowest BCUT2D eigenvalue weighted by Crippen LogP contribution is -1.97. The van der Waals surface area contributed by atoms with E-state index in [9.17, 15) is 20.2 Å². The molecule has 146 valence electrons. The number of ether oxygens (including phenoxy) is 1. The van der Waals surface area contributed by atoms with Crippen LogP contribution in [0.3, 0.4) is 0 Å². The van der Waals surface area contributed by atoms with Crippen LogP contribution in [0.1, 0.15) is 11.1 Å². The molecular formula is C20H14ClN3O5. The Balaban J connectivity index is 1.96. The molecule has 8 nitrogen and oxygen atoms in total. The second-order valence-electron chi connectivity index (χ2n) is 6.00. The number of aryl methyl sites for hydroxylation is 1. The first-order chi connectivity index (χ1) is 13.8. The molecule has 0 aromatic heterocycles. The van der Waals surface area contributed by atoms with E-state index in [1.54, 1.807) is 42.6 Å². The van der Waals surface area contributed by atoms with Gasteiger partial charge in [-0.2, -0.15) is 0 Å². The average molecular weight is 412 g/mol. The number of non-ortho nitro benzene ring substituents is 1. The molecule has 0 saturated carbocycles. The number of aliphatic imine (C=N–C) groups is 1. The molecule has 0 N–H and O–H groups in total. The minimum Gasteiger partial charge on any atom is -0.449 e. The van der Waals surface area contributed by atoms with Crippen LogP contribution in [0, 0.1) is 27.2 Å². The molecule has 0 atom stereocenters. The maximum Gasteiger partial charge on any atom is 0.318 e. The molecular weight excluding hydrogens is 398 g/mol. The Labute approximate surface area is 170 Å². The van der Waals surface area contributed by atoms with Gasteiger partial charge in [0.2, 0.25) is 5.75 Å². The fourth-order valence-electron chi connectivity index (χ4n) is 2.51. The van der Waals surface area contributed by atoms with Crippen LogP contribution in [0.5, 0.6) is 11.5 Å². The van der Waals surface area contributed by atoms with Gasteiger partial charge in [0.1, 0.15) is 5.75 Å². The van der Waals surface area contributed by atoms with E-state index in [0.29, 0.717) is 22.0 Å². The number of hydrogen-bond donors (Lipinski definition) is 0. The first-order valence-corrected chi connectivity index (χ1v) is 8.73. The van der Waals surface area contributed by atoms with Gasteiger partial charge in [-0.05, 0) is 42.8 Å². The van der Waals surface area contributed by atoms with Gasteiger partial charge in [-0.3, -0.25) is 25.2 Å². The average Bonchev–Trinajstić information content (AvgIpc) is 2.69. The molecule has 29 heavy (non-hydrogen) atoms. The number of para-hydroxylation sites is 1. The van der Waals surface area contributed by atoms with Gasteiger partial charge in [-0.1, -0.05) is 29.8 Å². The second-order valence-corrected chi connectivity index (χ2v) is 6.43. The van der Waals surface area contributed by atoms with E-state index in [2.05, 4.69) is 4.99 Å². The predicted octanol–water partition coefficient (Wildman–Crippen LogP) is 6.01. The van der Waals surface area contributed by atoms with Crippen molar-refractivity contribution in [1.29, 1.82) is 0 Å². The first kappa shape index (κ1) is 20.0. The summed E-state index contributed by atoms with van der Waals surface area (Å²) in [6, 6.07) is 15.4. The normalized spacial score (nSPS) is 10.8. The minimum atomic E-state index is -0.728. The van der Waals surface area contributed by atoms with Crippen LogP contribution in [0.2, 0.25) is 5.02 Å². The van der Waals surface area contributed by atoms with Crippen molar-refractivity contribution in [2.45, 2.75) is 6.92 Å². The van der Waals surface area contributed by atoms with Crippen molar-refractivity contribution in [3.63, 3.8) is 0 Å². The van der Waals surface area contributed by atoms with E-state index in [1.807, 2.05) is 13.0 Å². The molecule has 0 unspecified atom stereocenters. The molecule has 0 spiro atoms. The first-order valence-electron chi connectivity index (χ1n) is 8.35. The third-order valence-electron chi connectivity index (χ3n) is 4.00. The maximum atomic E-state index is 11.3. The van der Waals surface area contributed by atoms with Crippen LogP contribution >= 0.6 is 11.6 Å². The molecule has 0 aliphatic carbocycles. The van der Waals surface area contributed by atoms with Gasteiger partial charge in [0.25, 0.3) is 5.69 Å². The Kier molecular flexibility index (Phi) is 5.85. The van der Waals surface area contributed by atoms with Crippen molar-refractivity contribution in [1.82, 2.24) is 0 Å². The second kappa shape index (κ2) is 8.49. The van der Waals surface area contributed by atoms with Crippen molar-refractivity contribution in [2.75, 3.05) is 0 Å². The lowest BCUT2D eigenvalue weighted by Gasteiger charge is -2.09. The smallest absolute Gasteiger partial charge is 0.318 e. The molecule has 0 amide bonds. The zero-order valence-electron chi connectivity index (χ0n) is 15.1. The largest absolute Gasteiger partial charge is 0.449 e.